The second-order valence-electron chi connectivity index (χ2n) is 7.97. The molecule has 164 valence electrons. The van der Waals surface area contributed by atoms with Gasteiger partial charge in [-0.15, -0.1) is 0 Å². The lowest BCUT2D eigenvalue weighted by Crippen LogP contribution is -2.36. The quantitative estimate of drug-likeness (QED) is 0.542. The zero-order valence-corrected chi connectivity index (χ0v) is 18.1. The van der Waals surface area contributed by atoms with Gasteiger partial charge in [0.1, 0.15) is 17.6 Å². The first-order valence-corrected chi connectivity index (χ1v) is 11.0. The molecule has 2 aliphatic rings. The fraction of sp³-hybridized carbons (Fsp3) is 0.292. The molecule has 0 amide bonds. The summed E-state index contributed by atoms with van der Waals surface area (Å²) in [6.45, 7) is 1.42. The maximum absolute atomic E-state index is 11.7. The highest BCUT2D eigenvalue weighted by atomic mass is 32.1. The summed E-state index contributed by atoms with van der Waals surface area (Å²) in [5.74, 6) is 0.211. The molecule has 1 aromatic carbocycles. The molecule has 2 fully saturated rings. The zero-order chi connectivity index (χ0) is 22.1. The predicted molar refractivity (Wildman–Crippen MR) is 122 cm³/mol. The van der Waals surface area contributed by atoms with Gasteiger partial charge in [0.2, 0.25) is 0 Å². The first-order chi connectivity index (χ1) is 15.6. The molecule has 0 saturated carbocycles. The van der Waals surface area contributed by atoms with Crippen LogP contribution in [0.15, 0.2) is 65.2 Å². The van der Waals surface area contributed by atoms with Crippen LogP contribution < -0.4 is 5.32 Å². The summed E-state index contributed by atoms with van der Waals surface area (Å²) >= 11 is 5.70. The Kier molecular flexibility index (Phi) is 5.63. The van der Waals surface area contributed by atoms with Crippen LogP contribution in [-0.2, 0) is 4.74 Å². The number of pyridine rings is 1. The third-order valence-electron chi connectivity index (χ3n) is 5.96. The molecule has 4 heterocycles. The smallest absolute Gasteiger partial charge is 0.336 e. The molecular formula is C24H23N3O4S. The first kappa shape index (κ1) is 20.7. The monoisotopic (exact) mass is 449 g/mol. The van der Waals surface area contributed by atoms with Gasteiger partial charge in [-0.05, 0) is 55.4 Å². The average Bonchev–Trinajstić information content (AvgIpc) is 3.56. The molecule has 2 N–H and O–H groups in total. The normalized spacial score (nSPS) is 22.8. The molecule has 5 rings (SSSR count). The lowest BCUT2D eigenvalue weighted by molar-refractivity contribution is 0.0697. The number of ether oxygens (including phenoxy) is 1. The molecule has 32 heavy (non-hydrogen) atoms. The third kappa shape index (κ3) is 3.87. The number of hydrogen-bond acceptors (Lipinski definition) is 5. The number of thiocarbonyl (C=S) groups is 1. The molecule has 0 radical (unpaired) electrons. The van der Waals surface area contributed by atoms with Crippen molar-refractivity contribution in [1.82, 2.24) is 15.2 Å². The number of carboxylic acid groups (broad SMARTS) is 1. The lowest BCUT2D eigenvalue weighted by atomic mass is 10.0. The van der Waals surface area contributed by atoms with Gasteiger partial charge < -0.3 is 24.5 Å². The highest BCUT2D eigenvalue weighted by molar-refractivity contribution is 7.80. The molecule has 2 aromatic heterocycles. The maximum Gasteiger partial charge on any atom is 0.336 e. The second-order valence-corrected chi connectivity index (χ2v) is 8.35. The van der Waals surface area contributed by atoms with E-state index in [1.807, 2.05) is 30.3 Å². The van der Waals surface area contributed by atoms with Gasteiger partial charge in [0.25, 0.3) is 0 Å². The van der Waals surface area contributed by atoms with Crippen LogP contribution in [0.25, 0.3) is 11.3 Å². The van der Waals surface area contributed by atoms with Crippen LogP contribution in [0.5, 0.6) is 0 Å². The Balaban J connectivity index is 1.53. The van der Waals surface area contributed by atoms with Crippen molar-refractivity contribution >= 4 is 23.3 Å². The van der Waals surface area contributed by atoms with Gasteiger partial charge in [-0.25, -0.2) is 4.79 Å². The largest absolute Gasteiger partial charge is 0.478 e. The van der Waals surface area contributed by atoms with Crippen molar-refractivity contribution in [3.05, 3.63) is 77.8 Å². The van der Waals surface area contributed by atoms with Crippen molar-refractivity contribution in [3.8, 4) is 11.3 Å². The van der Waals surface area contributed by atoms with E-state index in [0.717, 1.165) is 25.1 Å². The molecule has 3 aromatic rings. The van der Waals surface area contributed by atoms with Crippen LogP contribution >= 0.6 is 12.2 Å². The number of nitrogens with one attached hydrogen (secondary N) is 1. The van der Waals surface area contributed by atoms with Crippen molar-refractivity contribution in [2.24, 2.45) is 0 Å². The minimum Gasteiger partial charge on any atom is -0.478 e. The Morgan fingerprint density at radius 3 is 2.78 bits per heavy atom. The summed E-state index contributed by atoms with van der Waals surface area (Å²) in [7, 11) is 0. The van der Waals surface area contributed by atoms with Gasteiger partial charge in [0.15, 0.2) is 5.11 Å². The predicted octanol–water partition coefficient (Wildman–Crippen LogP) is 4.19. The number of benzene rings is 1. The van der Waals surface area contributed by atoms with E-state index >= 15 is 0 Å². The lowest BCUT2D eigenvalue weighted by Gasteiger charge is -2.28. The fourth-order valence-electron chi connectivity index (χ4n) is 4.46. The number of nitrogens with zero attached hydrogens (tertiary/aromatic N) is 2. The van der Waals surface area contributed by atoms with Gasteiger partial charge in [-0.2, -0.15) is 0 Å². The molecular weight excluding hydrogens is 426 g/mol. The van der Waals surface area contributed by atoms with Gasteiger partial charge in [-0.1, -0.05) is 24.3 Å². The number of aromatic carboxylic acids is 1. The Labute approximate surface area is 191 Å². The van der Waals surface area contributed by atoms with Crippen LogP contribution in [0.4, 0.5) is 0 Å². The van der Waals surface area contributed by atoms with E-state index in [4.69, 9.17) is 21.4 Å². The minimum atomic E-state index is -0.992. The number of hydrogen-bond donors (Lipinski definition) is 2. The van der Waals surface area contributed by atoms with Crippen LogP contribution in [0.1, 0.15) is 46.7 Å². The van der Waals surface area contributed by atoms with E-state index in [0.29, 0.717) is 28.7 Å². The van der Waals surface area contributed by atoms with Gasteiger partial charge >= 0.3 is 5.97 Å². The van der Waals surface area contributed by atoms with Crippen molar-refractivity contribution in [1.29, 1.82) is 0 Å². The summed E-state index contributed by atoms with van der Waals surface area (Å²) in [6, 6.07) is 15.9. The molecule has 0 unspecified atom stereocenters. The van der Waals surface area contributed by atoms with Crippen LogP contribution in [-0.4, -0.2) is 45.3 Å². The fourth-order valence-corrected chi connectivity index (χ4v) is 4.77. The Bertz CT molecular complexity index is 1130. The van der Waals surface area contributed by atoms with E-state index < -0.39 is 5.97 Å². The number of furan rings is 1. The molecule has 2 saturated heterocycles. The van der Waals surface area contributed by atoms with E-state index in [2.05, 4.69) is 15.2 Å². The van der Waals surface area contributed by atoms with Crippen molar-refractivity contribution < 1.29 is 19.1 Å². The number of rotatable bonds is 6. The summed E-state index contributed by atoms with van der Waals surface area (Å²) < 4.78 is 12.1. The third-order valence-corrected chi connectivity index (χ3v) is 6.32. The van der Waals surface area contributed by atoms with E-state index in [1.54, 1.807) is 30.5 Å². The Morgan fingerprint density at radius 2 is 2.03 bits per heavy atom. The minimum absolute atomic E-state index is 0.113. The standard InChI is InChI=1S/C24H23N3O4S/c28-23(29)17-8-2-1-7-16(17)19-10-11-20(31-19)22-21(18-9-3-4-12-25-18)26-24(32)27(22)14-15-6-5-13-30-15/h1-4,7-12,15,21-22H,5-6,13-14H2,(H,26,32)(H,28,29)/t15-,21+,22-/m1/s1. The van der Waals surface area contributed by atoms with Gasteiger partial charge in [0, 0.05) is 24.9 Å². The maximum atomic E-state index is 11.7. The first-order valence-electron chi connectivity index (χ1n) is 10.6. The SMILES string of the molecule is O=C(O)c1ccccc1-c1ccc([C@@H]2[C@H](c3ccccn3)NC(=S)N2C[C@H]2CCCO2)o1. The molecule has 7 nitrogen and oxygen atoms in total. The van der Waals surface area contributed by atoms with Crippen LogP contribution in [0.2, 0.25) is 0 Å². The van der Waals surface area contributed by atoms with Crippen LogP contribution in [0.3, 0.4) is 0 Å². The highest BCUT2D eigenvalue weighted by Crippen LogP contribution is 2.41. The van der Waals surface area contributed by atoms with Gasteiger partial charge in [-0.3, -0.25) is 4.98 Å². The summed E-state index contributed by atoms with van der Waals surface area (Å²) in [5, 5.41) is 13.6. The van der Waals surface area contributed by atoms with Crippen molar-refractivity contribution in [2.45, 2.75) is 31.0 Å². The summed E-state index contributed by atoms with van der Waals surface area (Å²) in [5.41, 5.74) is 1.60. The van der Waals surface area contributed by atoms with Crippen LogP contribution in [0, 0.1) is 0 Å². The molecule has 8 heteroatoms. The van der Waals surface area contributed by atoms with Crippen molar-refractivity contribution in [3.63, 3.8) is 0 Å². The highest BCUT2D eigenvalue weighted by Gasteiger charge is 2.43. The number of aromatic nitrogens is 1. The van der Waals surface area contributed by atoms with E-state index in [-0.39, 0.29) is 23.8 Å². The zero-order valence-electron chi connectivity index (χ0n) is 17.3. The van der Waals surface area contributed by atoms with Crippen molar-refractivity contribution in [2.75, 3.05) is 13.2 Å². The molecule has 0 bridgehead atoms. The summed E-state index contributed by atoms with van der Waals surface area (Å²) in [6.07, 6.45) is 3.91. The summed E-state index contributed by atoms with van der Waals surface area (Å²) in [4.78, 5) is 18.3. The van der Waals surface area contributed by atoms with E-state index in [1.165, 1.54) is 0 Å². The molecule has 0 aliphatic carbocycles. The second kappa shape index (κ2) is 8.72. The molecule has 0 spiro atoms. The molecule has 2 aliphatic heterocycles. The average molecular weight is 450 g/mol. The van der Waals surface area contributed by atoms with Gasteiger partial charge in [0.05, 0.1) is 23.4 Å². The Hall–Kier alpha value is -3.23. The van der Waals surface area contributed by atoms with E-state index in [9.17, 15) is 9.90 Å². The number of carboxylic acids is 1. The topological polar surface area (TPSA) is 87.8 Å². The Morgan fingerprint density at radius 1 is 1.19 bits per heavy atom. The number of carbonyl (C=O) groups is 1. The molecule has 3 atom stereocenters.